The molecule has 1 atom stereocenters. The Morgan fingerprint density at radius 2 is 2.40 bits per heavy atom. The van der Waals surface area contributed by atoms with Gasteiger partial charge in [0.15, 0.2) is 0 Å². The van der Waals surface area contributed by atoms with Crippen LogP contribution in [-0.2, 0) is 18.4 Å². The lowest BCUT2D eigenvalue weighted by Crippen LogP contribution is -2.40. The minimum atomic E-state index is -0.379. The van der Waals surface area contributed by atoms with Crippen molar-refractivity contribution in [2.45, 2.75) is 32.4 Å². The van der Waals surface area contributed by atoms with E-state index in [0.29, 0.717) is 6.54 Å². The SMILES string of the molecule is CCCC(N)C(=O)NCc1cccn1C. The average molecular weight is 209 g/mol. The number of hydrogen-bond acceptors (Lipinski definition) is 2. The Hall–Kier alpha value is -1.29. The summed E-state index contributed by atoms with van der Waals surface area (Å²) in [6.45, 7) is 2.56. The van der Waals surface area contributed by atoms with Crippen LogP contribution in [0.2, 0.25) is 0 Å². The monoisotopic (exact) mass is 209 g/mol. The molecule has 1 rings (SSSR count). The van der Waals surface area contributed by atoms with Gasteiger partial charge in [0.2, 0.25) is 5.91 Å². The Kier molecular flexibility index (Phi) is 4.37. The molecule has 0 saturated heterocycles. The third-order valence-electron chi connectivity index (χ3n) is 2.43. The summed E-state index contributed by atoms with van der Waals surface area (Å²) in [5.41, 5.74) is 6.76. The first-order valence-corrected chi connectivity index (χ1v) is 5.28. The van der Waals surface area contributed by atoms with Crippen molar-refractivity contribution in [2.75, 3.05) is 0 Å². The molecule has 0 aliphatic carbocycles. The number of nitrogens with one attached hydrogen (secondary N) is 1. The van der Waals surface area contributed by atoms with Gasteiger partial charge in [-0.15, -0.1) is 0 Å². The number of hydrogen-bond donors (Lipinski definition) is 2. The predicted molar refractivity (Wildman–Crippen MR) is 60.1 cm³/mol. The molecule has 1 amide bonds. The summed E-state index contributed by atoms with van der Waals surface area (Å²) in [5, 5.41) is 2.83. The summed E-state index contributed by atoms with van der Waals surface area (Å²) in [6.07, 6.45) is 3.62. The second-order valence-electron chi connectivity index (χ2n) is 3.72. The van der Waals surface area contributed by atoms with Crippen LogP contribution in [0.1, 0.15) is 25.5 Å². The summed E-state index contributed by atoms with van der Waals surface area (Å²) in [5.74, 6) is -0.0712. The van der Waals surface area contributed by atoms with E-state index in [4.69, 9.17) is 5.73 Å². The third kappa shape index (κ3) is 3.40. The summed E-state index contributed by atoms with van der Waals surface area (Å²) in [4.78, 5) is 11.5. The highest BCUT2D eigenvalue weighted by Gasteiger charge is 2.11. The van der Waals surface area contributed by atoms with Crippen molar-refractivity contribution in [3.05, 3.63) is 24.0 Å². The number of carbonyl (C=O) groups is 1. The zero-order valence-electron chi connectivity index (χ0n) is 9.36. The fraction of sp³-hybridized carbons (Fsp3) is 0.545. The van der Waals surface area contributed by atoms with E-state index in [1.807, 2.05) is 36.9 Å². The van der Waals surface area contributed by atoms with Crippen LogP contribution in [0.4, 0.5) is 0 Å². The average Bonchev–Trinajstić information content (AvgIpc) is 2.61. The molecule has 3 N–H and O–H groups in total. The number of carbonyl (C=O) groups excluding carboxylic acids is 1. The molecule has 84 valence electrons. The van der Waals surface area contributed by atoms with Crippen molar-refractivity contribution in [1.29, 1.82) is 0 Å². The van der Waals surface area contributed by atoms with Gasteiger partial charge in [-0.3, -0.25) is 4.79 Å². The van der Waals surface area contributed by atoms with Crippen LogP contribution in [0, 0.1) is 0 Å². The van der Waals surface area contributed by atoms with Gasteiger partial charge in [-0.1, -0.05) is 13.3 Å². The molecular weight excluding hydrogens is 190 g/mol. The number of aryl methyl sites for hydroxylation is 1. The van der Waals surface area contributed by atoms with Crippen molar-refractivity contribution in [1.82, 2.24) is 9.88 Å². The molecule has 0 spiro atoms. The lowest BCUT2D eigenvalue weighted by Gasteiger charge is -2.11. The number of rotatable bonds is 5. The van der Waals surface area contributed by atoms with Crippen LogP contribution in [0.3, 0.4) is 0 Å². The molecule has 1 heterocycles. The lowest BCUT2D eigenvalue weighted by molar-refractivity contribution is -0.122. The van der Waals surface area contributed by atoms with Gasteiger partial charge in [0.25, 0.3) is 0 Å². The minimum absolute atomic E-state index is 0.0712. The van der Waals surface area contributed by atoms with E-state index >= 15 is 0 Å². The number of nitrogens with zero attached hydrogens (tertiary/aromatic N) is 1. The molecule has 1 aromatic rings. The van der Waals surface area contributed by atoms with Crippen LogP contribution < -0.4 is 11.1 Å². The Morgan fingerprint density at radius 3 is 2.93 bits per heavy atom. The summed E-state index contributed by atoms with van der Waals surface area (Å²) >= 11 is 0. The molecule has 0 aliphatic rings. The smallest absolute Gasteiger partial charge is 0.237 e. The molecule has 4 heteroatoms. The van der Waals surface area contributed by atoms with E-state index in [0.717, 1.165) is 18.5 Å². The summed E-state index contributed by atoms with van der Waals surface area (Å²) in [7, 11) is 1.95. The maximum Gasteiger partial charge on any atom is 0.237 e. The Labute approximate surface area is 90.5 Å². The number of nitrogens with two attached hydrogens (primary N) is 1. The molecule has 0 saturated carbocycles. The highest BCUT2D eigenvalue weighted by Crippen LogP contribution is 1.99. The van der Waals surface area contributed by atoms with Gasteiger partial charge in [-0.25, -0.2) is 0 Å². The van der Waals surface area contributed by atoms with Gasteiger partial charge < -0.3 is 15.6 Å². The van der Waals surface area contributed by atoms with E-state index in [2.05, 4.69) is 5.32 Å². The first-order chi connectivity index (χ1) is 7.15. The minimum Gasteiger partial charge on any atom is -0.353 e. The van der Waals surface area contributed by atoms with Crippen molar-refractivity contribution >= 4 is 5.91 Å². The first kappa shape index (κ1) is 11.8. The van der Waals surface area contributed by atoms with E-state index < -0.39 is 0 Å². The second-order valence-corrected chi connectivity index (χ2v) is 3.72. The Morgan fingerprint density at radius 1 is 1.67 bits per heavy atom. The van der Waals surface area contributed by atoms with E-state index in [9.17, 15) is 4.79 Å². The molecule has 0 bridgehead atoms. The van der Waals surface area contributed by atoms with Gasteiger partial charge in [-0.05, 0) is 18.6 Å². The quantitative estimate of drug-likeness (QED) is 0.752. The van der Waals surface area contributed by atoms with E-state index in [1.165, 1.54) is 0 Å². The van der Waals surface area contributed by atoms with Crippen LogP contribution in [0.5, 0.6) is 0 Å². The van der Waals surface area contributed by atoms with Crippen molar-refractivity contribution in [2.24, 2.45) is 12.8 Å². The maximum atomic E-state index is 11.5. The van der Waals surface area contributed by atoms with Crippen molar-refractivity contribution in [3.63, 3.8) is 0 Å². The second kappa shape index (κ2) is 5.56. The molecule has 4 nitrogen and oxygen atoms in total. The predicted octanol–water partition coefficient (Wildman–Crippen LogP) is 0.769. The Balaban J connectivity index is 2.37. The summed E-state index contributed by atoms with van der Waals surface area (Å²) < 4.78 is 1.98. The highest BCUT2D eigenvalue weighted by molar-refractivity contribution is 5.81. The highest BCUT2D eigenvalue weighted by atomic mass is 16.2. The molecule has 1 unspecified atom stereocenters. The normalized spacial score (nSPS) is 12.5. The van der Waals surface area contributed by atoms with Crippen LogP contribution >= 0.6 is 0 Å². The maximum absolute atomic E-state index is 11.5. The molecule has 15 heavy (non-hydrogen) atoms. The fourth-order valence-corrected chi connectivity index (χ4v) is 1.43. The number of amides is 1. The van der Waals surface area contributed by atoms with Gasteiger partial charge in [-0.2, -0.15) is 0 Å². The topological polar surface area (TPSA) is 60.1 Å². The molecule has 0 aliphatic heterocycles. The van der Waals surface area contributed by atoms with Gasteiger partial charge in [0.1, 0.15) is 0 Å². The van der Waals surface area contributed by atoms with Crippen LogP contribution in [0.15, 0.2) is 18.3 Å². The summed E-state index contributed by atoms with van der Waals surface area (Å²) in [6, 6.07) is 3.55. The first-order valence-electron chi connectivity index (χ1n) is 5.28. The largest absolute Gasteiger partial charge is 0.353 e. The van der Waals surface area contributed by atoms with E-state index in [1.54, 1.807) is 0 Å². The van der Waals surface area contributed by atoms with Crippen molar-refractivity contribution < 1.29 is 4.79 Å². The molecule has 1 aromatic heterocycles. The van der Waals surface area contributed by atoms with E-state index in [-0.39, 0.29) is 11.9 Å². The molecule has 0 fully saturated rings. The standard InChI is InChI=1S/C11H19N3O/c1-3-5-10(12)11(15)13-8-9-6-4-7-14(9)2/h4,6-7,10H,3,5,8,12H2,1-2H3,(H,13,15). The van der Waals surface area contributed by atoms with Crippen molar-refractivity contribution in [3.8, 4) is 0 Å². The molecular formula is C11H19N3O. The third-order valence-corrected chi connectivity index (χ3v) is 2.43. The lowest BCUT2D eigenvalue weighted by atomic mass is 10.2. The van der Waals surface area contributed by atoms with Crippen LogP contribution in [-0.4, -0.2) is 16.5 Å². The fourth-order valence-electron chi connectivity index (χ4n) is 1.43. The number of aromatic nitrogens is 1. The van der Waals surface area contributed by atoms with Gasteiger partial charge in [0.05, 0.1) is 12.6 Å². The Bertz CT molecular complexity index is 319. The zero-order valence-corrected chi connectivity index (χ0v) is 9.36. The molecule has 0 radical (unpaired) electrons. The van der Waals surface area contributed by atoms with Crippen LogP contribution in [0.25, 0.3) is 0 Å². The van der Waals surface area contributed by atoms with Gasteiger partial charge >= 0.3 is 0 Å². The molecule has 0 aromatic carbocycles. The van der Waals surface area contributed by atoms with Gasteiger partial charge in [0, 0.05) is 18.9 Å². The zero-order chi connectivity index (χ0) is 11.3.